The molecule has 0 spiro atoms. The summed E-state index contributed by atoms with van der Waals surface area (Å²) in [7, 11) is 0. The van der Waals surface area contributed by atoms with E-state index in [1.54, 1.807) is 16.0 Å². The summed E-state index contributed by atoms with van der Waals surface area (Å²) in [4.78, 5) is 18.8. The molecule has 0 fully saturated rings. The van der Waals surface area contributed by atoms with Crippen molar-refractivity contribution in [2.24, 2.45) is 0 Å². The van der Waals surface area contributed by atoms with Gasteiger partial charge in [-0.3, -0.25) is 4.79 Å². The van der Waals surface area contributed by atoms with Gasteiger partial charge in [0.2, 0.25) is 5.78 Å². The van der Waals surface area contributed by atoms with E-state index < -0.39 is 0 Å². The van der Waals surface area contributed by atoms with Crippen molar-refractivity contribution in [3.05, 3.63) is 33.5 Å². The first kappa shape index (κ1) is 12.5. The number of ketones is 1. The third-order valence-electron chi connectivity index (χ3n) is 3.59. The Kier molecular flexibility index (Phi) is 3.46. The van der Waals surface area contributed by atoms with Crippen molar-refractivity contribution < 1.29 is 4.79 Å². The highest BCUT2D eigenvalue weighted by atomic mass is 32.1. The van der Waals surface area contributed by atoms with Gasteiger partial charge in [0.1, 0.15) is 6.33 Å². The molecule has 0 atom stereocenters. The molecule has 0 N–H and O–H groups in total. The van der Waals surface area contributed by atoms with E-state index in [2.05, 4.69) is 16.1 Å². The lowest BCUT2D eigenvalue weighted by Gasteiger charge is -1.99. The Morgan fingerprint density at radius 1 is 1.37 bits per heavy atom. The molecule has 0 radical (unpaired) electrons. The van der Waals surface area contributed by atoms with Gasteiger partial charge in [0.05, 0.1) is 4.88 Å². The van der Waals surface area contributed by atoms with Crippen molar-refractivity contribution in [1.29, 1.82) is 0 Å². The highest BCUT2D eigenvalue weighted by molar-refractivity contribution is 7.14. The van der Waals surface area contributed by atoms with Crippen LogP contribution >= 0.6 is 11.3 Å². The Bertz CT molecular complexity index is 576. The van der Waals surface area contributed by atoms with Gasteiger partial charge in [0, 0.05) is 11.4 Å². The van der Waals surface area contributed by atoms with Crippen LogP contribution in [0.5, 0.6) is 0 Å². The average Bonchev–Trinajstić information content (AvgIpc) is 3.00. The fourth-order valence-corrected chi connectivity index (χ4v) is 3.75. The average molecular weight is 275 g/mol. The Labute approximate surface area is 116 Å². The SMILES string of the molecule is CCn1ncnc1C(=O)c1cc2c(s1)CCCCC2. The number of hydrogen-bond acceptors (Lipinski definition) is 4. The number of nitrogens with zero attached hydrogens (tertiary/aromatic N) is 3. The lowest BCUT2D eigenvalue weighted by atomic mass is 10.1. The van der Waals surface area contributed by atoms with Gasteiger partial charge >= 0.3 is 0 Å². The molecule has 1 aliphatic rings. The summed E-state index contributed by atoms with van der Waals surface area (Å²) in [6.07, 6.45) is 7.46. The monoisotopic (exact) mass is 275 g/mol. The molecular formula is C14H17N3OS. The summed E-state index contributed by atoms with van der Waals surface area (Å²) in [6, 6.07) is 2.07. The number of fused-ring (bicyclic) bond motifs is 1. The number of aryl methyl sites for hydroxylation is 3. The van der Waals surface area contributed by atoms with Crippen LogP contribution in [0.25, 0.3) is 0 Å². The van der Waals surface area contributed by atoms with Crippen LogP contribution in [0.1, 0.15) is 52.1 Å². The molecule has 0 saturated carbocycles. The van der Waals surface area contributed by atoms with Gasteiger partial charge in [-0.25, -0.2) is 9.67 Å². The second-order valence-corrected chi connectivity index (χ2v) is 5.99. The minimum absolute atomic E-state index is 0.0115. The van der Waals surface area contributed by atoms with Crippen molar-refractivity contribution in [1.82, 2.24) is 14.8 Å². The highest BCUT2D eigenvalue weighted by Crippen LogP contribution is 2.30. The highest BCUT2D eigenvalue weighted by Gasteiger charge is 2.20. The van der Waals surface area contributed by atoms with E-state index in [-0.39, 0.29) is 5.78 Å². The number of thiophene rings is 1. The second kappa shape index (κ2) is 5.25. The largest absolute Gasteiger partial charge is 0.284 e. The fourth-order valence-electron chi connectivity index (χ4n) is 2.56. The Hall–Kier alpha value is -1.49. The maximum absolute atomic E-state index is 12.5. The number of carbonyl (C=O) groups is 1. The quantitative estimate of drug-likeness (QED) is 0.639. The maximum Gasteiger partial charge on any atom is 0.239 e. The van der Waals surface area contributed by atoms with E-state index in [1.165, 1.54) is 36.0 Å². The van der Waals surface area contributed by atoms with E-state index in [4.69, 9.17) is 0 Å². The Balaban J connectivity index is 1.92. The number of carbonyl (C=O) groups excluding carboxylic acids is 1. The minimum Gasteiger partial charge on any atom is -0.284 e. The topological polar surface area (TPSA) is 47.8 Å². The van der Waals surface area contributed by atoms with Crippen molar-refractivity contribution in [2.75, 3.05) is 0 Å². The summed E-state index contributed by atoms with van der Waals surface area (Å²) >= 11 is 1.64. The van der Waals surface area contributed by atoms with E-state index in [0.717, 1.165) is 17.7 Å². The first-order chi connectivity index (χ1) is 9.29. The van der Waals surface area contributed by atoms with E-state index in [9.17, 15) is 4.79 Å². The normalized spacial score (nSPS) is 15.0. The van der Waals surface area contributed by atoms with Gasteiger partial charge in [-0.05, 0) is 44.2 Å². The van der Waals surface area contributed by atoms with Crippen LogP contribution in [-0.2, 0) is 19.4 Å². The summed E-state index contributed by atoms with van der Waals surface area (Å²) in [5, 5.41) is 4.07. The molecular weight excluding hydrogens is 258 g/mol. The summed E-state index contributed by atoms with van der Waals surface area (Å²) in [6.45, 7) is 2.64. The van der Waals surface area contributed by atoms with Crippen molar-refractivity contribution in [2.45, 2.75) is 45.6 Å². The summed E-state index contributed by atoms with van der Waals surface area (Å²) in [5.41, 5.74) is 1.37. The molecule has 2 heterocycles. The van der Waals surface area contributed by atoms with Gasteiger partial charge in [0.25, 0.3) is 0 Å². The standard InChI is InChI=1S/C14H17N3OS/c1-2-17-14(15-9-16-17)13(18)12-8-10-6-4-3-5-7-11(10)19-12/h8-9H,2-7H2,1H3. The molecule has 0 aliphatic heterocycles. The number of aromatic nitrogens is 3. The smallest absolute Gasteiger partial charge is 0.239 e. The summed E-state index contributed by atoms with van der Waals surface area (Å²) < 4.78 is 1.66. The van der Waals surface area contributed by atoms with Gasteiger partial charge in [-0.15, -0.1) is 11.3 Å². The zero-order chi connectivity index (χ0) is 13.2. The minimum atomic E-state index is 0.0115. The van der Waals surface area contributed by atoms with Crippen LogP contribution < -0.4 is 0 Å². The van der Waals surface area contributed by atoms with Crippen LogP contribution in [0.15, 0.2) is 12.4 Å². The fraction of sp³-hybridized carbons (Fsp3) is 0.500. The molecule has 1 aliphatic carbocycles. The van der Waals surface area contributed by atoms with Gasteiger partial charge < -0.3 is 0 Å². The zero-order valence-corrected chi connectivity index (χ0v) is 11.9. The maximum atomic E-state index is 12.5. The van der Waals surface area contributed by atoms with E-state index in [0.29, 0.717) is 12.4 Å². The van der Waals surface area contributed by atoms with Crippen LogP contribution in [0.3, 0.4) is 0 Å². The van der Waals surface area contributed by atoms with Crippen LogP contribution in [0.4, 0.5) is 0 Å². The molecule has 19 heavy (non-hydrogen) atoms. The predicted molar refractivity (Wildman–Crippen MR) is 74.7 cm³/mol. The predicted octanol–water partition coefficient (Wildman–Crippen LogP) is 2.86. The van der Waals surface area contributed by atoms with Crippen molar-refractivity contribution in [3.63, 3.8) is 0 Å². The van der Waals surface area contributed by atoms with Crippen LogP contribution in [0, 0.1) is 0 Å². The molecule has 3 rings (SSSR count). The third kappa shape index (κ3) is 2.34. The molecule has 2 aromatic rings. The van der Waals surface area contributed by atoms with Gasteiger partial charge in [-0.2, -0.15) is 5.10 Å². The van der Waals surface area contributed by atoms with Gasteiger partial charge in [-0.1, -0.05) is 6.42 Å². The Morgan fingerprint density at radius 3 is 3.05 bits per heavy atom. The van der Waals surface area contributed by atoms with Crippen molar-refractivity contribution >= 4 is 17.1 Å². The molecule has 4 nitrogen and oxygen atoms in total. The lowest BCUT2D eigenvalue weighted by Crippen LogP contribution is -2.10. The number of rotatable bonds is 3. The van der Waals surface area contributed by atoms with Crippen LogP contribution in [0.2, 0.25) is 0 Å². The lowest BCUT2D eigenvalue weighted by molar-refractivity contribution is 0.102. The molecule has 2 aromatic heterocycles. The van der Waals surface area contributed by atoms with Gasteiger partial charge in [0.15, 0.2) is 5.82 Å². The molecule has 0 amide bonds. The third-order valence-corrected chi connectivity index (χ3v) is 4.82. The summed E-state index contributed by atoms with van der Waals surface area (Å²) in [5.74, 6) is 0.469. The first-order valence-corrected chi connectivity index (χ1v) is 7.65. The molecule has 0 saturated heterocycles. The zero-order valence-electron chi connectivity index (χ0n) is 11.1. The van der Waals surface area contributed by atoms with Crippen molar-refractivity contribution in [3.8, 4) is 0 Å². The molecule has 100 valence electrons. The first-order valence-electron chi connectivity index (χ1n) is 6.83. The second-order valence-electron chi connectivity index (χ2n) is 4.85. The molecule has 0 unspecified atom stereocenters. The van der Waals surface area contributed by atoms with Crippen LogP contribution in [-0.4, -0.2) is 20.5 Å². The number of hydrogen-bond donors (Lipinski definition) is 0. The molecule has 0 bridgehead atoms. The van der Waals surface area contributed by atoms with E-state index in [1.807, 2.05) is 6.92 Å². The van der Waals surface area contributed by atoms with E-state index >= 15 is 0 Å². The molecule has 5 heteroatoms. The Morgan fingerprint density at radius 2 is 2.21 bits per heavy atom. The molecule has 0 aromatic carbocycles.